The number of hydrogen-bond donors (Lipinski definition) is 2. The molecular weight excluding hydrogens is 879 g/mol. The minimum atomic E-state index is -0.966. The lowest BCUT2D eigenvalue weighted by Crippen LogP contribution is -2.64. The van der Waals surface area contributed by atoms with Gasteiger partial charge >= 0.3 is 0 Å². The Hall–Kier alpha value is -6.77. The molecule has 1 saturated heterocycles. The van der Waals surface area contributed by atoms with Gasteiger partial charge in [0.05, 0.1) is 38.3 Å². The zero-order valence-electron chi connectivity index (χ0n) is 41.0. The molecule has 3 N–H and O–H groups in total. The van der Waals surface area contributed by atoms with Gasteiger partial charge in [-0.05, 0) is 90.0 Å². The van der Waals surface area contributed by atoms with E-state index in [1.54, 1.807) is 90.1 Å². The van der Waals surface area contributed by atoms with E-state index < -0.39 is 97.4 Å². The molecule has 0 bridgehead atoms. The molecule has 4 rings (SSSR count). The Morgan fingerprint density at radius 2 is 1.20 bits per heavy atom. The number of terminal acetylenes is 1. The molecule has 369 valence electrons. The molecule has 3 aromatic rings. The molecule has 1 radical (unpaired) electrons. The number of primary amides is 1. The third kappa shape index (κ3) is 15.6. The predicted molar refractivity (Wildman–Crippen MR) is 261 cm³/mol. The van der Waals surface area contributed by atoms with Crippen LogP contribution in [0.2, 0.25) is 0 Å². The van der Waals surface area contributed by atoms with Gasteiger partial charge in [-0.1, -0.05) is 102 Å². The number of carbonyl (C=O) groups excluding carboxylic acids is 6. The molecule has 0 spiro atoms. The molecule has 69 heavy (non-hydrogen) atoms. The largest absolute Gasteiger partial charge is 0.368 e. The highest BCUT2D eigenvalue weighted by Gasteiger charge is 2.49. The molecule has 1 aliphatic heterocycles. The van der Waals surface area contributed by atoms with Crippen LogP contribution in [0.4, 0.5) is 0 Å². The second kappa shape index (κ2) is 25.6. The highest BCUT2D eigenvalue weighted by Crippen LogP contribution is 2.39. The van der Waals surface area contributed by atoms with Crippen molar-refractivity contribution in [1.82, 2.24) is 34.9 Å². The van der Waals surface area contributed by atoms with E-state index in [1.165, 1.54) is 19.6 Å². The van der Waals surface area contributed by atoms with Crippen LogP contribution in [-0.2, 0) is 34.0 Å². The lowest BCUT2D eigenvalue weighted by Gasteiger charge is -2.52. The highest BCUT2D eigenvalue weighted by atomic mass is 16.5. The summed E-state index contributed by atoms with van der Waals surface area (Å²) in [7, 11) is 0. The Kier molecular flexibility index (Phi) is 20.3. The number of hydrogen-bond acceptors (Lipinski definition) is 9. The third-order valence-corrected chi connectivity index (χ3v) is 12.7. The number of hydroxylamine groups is 2. The lowest BCUT2D eigenvalue weighted by molar-refractivity contribution is -0.293. The van der Waals surface area contributed by atoms with Gasteiger partial charge in [0.2, 0.25) is 35.4 Å². The number of amides is 6. The van der Waals surface area contributed by atoms with E-state index in [0.29, 0.717) is 5.56 Å². The summed E-state index contributed by atoms with van der Waals surface area (Å²) in [5.41, 5.74) is 15.0. The normalized spacial score (nSPS) is 15.5. The summed E-state index contributed by atoms with van der Waals surface area (Å²) in [6, 6.07) is 25.4. The van der Waals surface area contributed by atoms with Crippen LogP contribution < -0.4 is 11.1 Å². The van der Waals surface area contributed by atoms with Gasteiger partial charge < -0.3 is 35.6 Å². The van der Waals surface area contributed by atoms with Gasteiger partial charge in [-0.2, -0.15) is 0 Å². The standard InChI is InChI=1S/C51H68N11O7/c1-9-27-57(33-47(66)59(32-44(52)63)38(3)41-22-15-11-16-23-41)46(65)35-60(39(4)42-24-17-12-18-25-42)49(68)36-61(43-29-50(5,6)62(69)51(7,8)30-43)48(67)34-58(28-19-26-55-56-53)45(64)31-54-37(2)40-20-13-10-14-21-40/h1,10-18,20-25,37-39,43,54H,19,26-36H2,2-8H3,(H2,52,63)/t37-,38-,39-/m0/s1. The first-order valence-corrected chi connectivity index (χ1v) is 23.2. The first-order valence-electron chi connectivity index (χ1n) is 23.2. The summed E-state index contributed by atoms with van der Waals surface area (Å²) in [5.74, 6) is -1.16. The summed E-state index contributed by atoms with van der Waals surface area (Å²) < 4.78 is 0. The number of nitrogens with two attached hydrogens (primary N) is 1. The van der Waals surface area contributed by atoms with Crippen LogP contribution in [-0.4, -0.2) is 141 Å². The number of nitrogens with one attached hydrogen (secondary N) is 1. The van der Waals surface area contributed by atoms with Crippen LogP contribution in [0.25, 0.3) is 10.4 Å². The zero-order valence-corrected chi connectivity index (χ0v) is 41.0. The first-order chi connectivity index (χ1) is 32.7. The predicted octanol–water partition coefficient (Wildman–Crippen LogP) is 5.19. The Labute approximate surface area is 406 Å². The number of carbonyl (C=O) groups is 6. The zero-order chi connectivity index (χ0) is 50.9. The Morgan fingerprint density at radius 1 is 0.725 bits per heavy atom. The van der Waals surface area contributed by atoms with Crippen LogP contribution in [0.15, 0.2) is 96.1 Å². The molecule has 0 saturated carbocycles. The van der Waals surface area contributed by atoms with Crippen LogP contribution in [0.3, 0.4) is 0 Å². The van der Waals surface area contributed by atoms with Crippen molar-refractivity contribution >= 4 is 35.4 Å². The average molecular weight is 947 g/mol. The van der Waals surface area contributed by atoms with E-state index in [4.69, 9.17) is 17.7 Å². The average Bonchev–Trinajstić information content (AvgIpc) is 3.33. The van der Waals surface area contributed by atoms with Crippen LogP contribution >= 0.6 is 0 Å². The Balaban J connectivity index is 1.70. The second-order valence-corrected chi connectivity index (χ2v) is 18.8. The van der Waals surface area contributed by atoms with E-state index in [0.717, 1.165) is 21.1 Å². The van der Waals surface area contributed by atoms with Crippen molar-refractivity contribution < 1.29 is 34.0 Å². The minimum Gasteiger partial charge on any atom is -0.368 e. The summed E-state index contributed by atoms with van der Waals surface area (Å²) in [5, 5.41) is 21.5. The van der Waals surface area contributed by atoms with E-state index in [2.05, 4.69) is 21.3 Å². The maximum atomic E-state index is 15.1. The maximum Gasteiger partial charge on any atom is 0.243 e. The maximum absolute atomic E-state index is 15.1. The third-order valence-electron chi connectivity index (χ3n) is 12.7. The van der Waals surface area contributed by atoms with E-state index >= 15 is 4.79 Å². The van der Waals surface area contributed by atoms with Crippen molar-refractivity contribution in [3.05, 3.63) is 118 Å². The fraction of sp³-hybridized carbons (Fsp3) is 0.490. The molecule has 0 aromatic heterocycles. The first kappa shape index (κ1) is 54.8. The SMILES string of the molecule is C#CCN(CC(=O)N(CC(N)=O)[C@@H](C)c1ccccc1)C(=O)CN(C(=O)CN(C(=O)CN(CCCN=[N+]=[N-])C(=O)CN[C@@H](C)c1ccccc1)C1CC(C)(C)N([O])C(C)(C)C1)[C@@H](C)c1ccccc1. The number of rotatable bonds is 24. The van der Waals surface area contributed by atoms with Crippen molar-refractivity contribution in [1.29, 1.82) is 0 Å². The molecule has 1 aliphatic rings. The van der Waals surface area contributed by atoms with Crippen LogP contribution in [0.5, 0.6) is 0 Å². The van der Waals surface area contributed by atoms with Gasteiger partial charge in [0.1, 0.15) is 19.6 Å². The molecule has 0 aliphatic carbocycles. The summed E-state index contributed by atoms with van der Waals surface area (Å²) >= 11 is 0. The fourth-order valence-electron chi connectivity index (χ4n) is 8.94. The van der Waals surface area contributed by atoms with Crippen molar-refractivity contribution in [3.63, 3.8) is 0 Å². The van der Waals surface area contributed by atoms with Gasteiger partial charge in [-0.25, -0.2) is 0 Å². The molecule has 0 unspecified atom stereocenters. The van der Waals surface area contributed by atoms with Crippen molar-refractivity contribution in [3.8, 4) is 12.3 Å². The van der Waals surface area contributed by atoms with E-state index in [-0.39, 0.29) is 51.5 Å². The smallest absolute Gasteiger partial charge is 0.243 e. The summed E-state index contributed by atoms with van der Waals surface area (Å²) in [6.07, 6.45) is 6.39. The monoisotopic (exact) mass is 947 g/mol. The molecule has 1 heterocycles. The molecule has 1 fully saturated rings. The second-order valence-electron chi connectivity index (χ2n) is 18.8. The molecule has 3 atom stereocenters. The quantitative estimate of drug-likeness (QED) is 0.0398. The van der Waals surface area contributed by atoms with Crippen molar-refractivity contribution in [2.24, 2.45) is 10.8 Å². The van der Waals surface area contributed by atoms with Crippen molar-refractivity contribution in [2.45, 2.75) is 103 Å². The number of nitrogens with zero attached hydrogens (tertiary/aromatic N) is 9. The van der Waals surface area contributed by atoms with Gasteiger partial charge in [-0.3, -0.25) is 28.8 Å². The van der Waals surface area contributed by atoms with Gasteiger partial charge in [-0.15, -0.1) is 16.7 Å². The van der Waals surface area contributed by atoms with Crippen molar-refractivity contribution in [2.75, 3.05) is 58.9 Å². The van der Waals surface area contributed by atoms with Crippen LogP contribution in [0.1, 0.15) is 103 Å². The highest BCUT2D eigenvalue weighted by molar-refractivity contribution is 5.92. The molecule has 18 nitrogen and oxygen atoms in total. The van der Waals surface area contributed by atoms with Gasteiger partial charge in [0, 0.05) is 41.2 Å². The Bertz CT molecular complexity index is 2280. The summed E-state index contributed by atoms with van der Waals surface area (Å²) in [4.78, 5) is 94.0. The fourth-order valence-corrected chi connectivity index (χ4v) is 8.94. The number of piperidine rings is 1. The Morgan fingerprint density at radius 3 is 1.70 bits per heavy atom. The van der Waals surface area contributed by atoms with Gasteiger partial charge in [0.25, 0.3) is 0 Å². The minimum absolute atomic E-state index is 0.0686. The molecular formula is C51H68N11O7. The summed E-state index contributed by atoms with van der Waals surface area (Å²) in [6.45, 7) is 9.76. The molecule has 6 amide bonds. The topological polar surface area (TPSA) is 229 Å². The lowest BCUT2D eigenvalue weighted by atomic mass is 9.78. The van der Waals surface area contributed by atoms with E-state index in [1.807, 2.05) is 49.4 Å². The number of azide groups is 1. The van der Waals surface area contributed by atoms with Crippen LogP contribution in [0, 0.1) is 12.3 Å². The molecule has 18 heteroatoms. The number of benzene rings is 3. The molecule has 3 aromatic carbocycles. The van der Waals surface area contributed by atoms with Gasteiger partial charge in [0.15, 0.2) is 0 Å². The van der Waals surface area contributed by atoms with E-state index in [9.17, 15) is 29.2 Å².